The van der Waals surface area contributed by atoms with Gasteiger partial charge in [-0.25, -0.2) is 14.5 Å². The third kappa shape index (κ3) is 3.26. The molecule has 0 unspecified atom stereocenters. The van der Waals surface area contributed by atoms with E-state index in [1.54, 1.807) is 4.52 Å². The van der Waals surface area contributed by atoms with Crippen LogP contribution in [0.15, 0.2) is 48.7 Å². The first-order valence-electron chi connectivity index (χ1n) is 9.59. The normalized spacial score (nSPS) is 13.1. The number of nitrogens with zero attached hydrogens (tertiary/aromatic N) is 6. The maximum atomic E-state index is 9.21. The Morgan fingerprint density at radius 3 is 2.66 bits per heavy atom. The molecular formula is C23H18N6. The molecule has 0 N–H and O–H groups in total. The fraction of sp³-hybridized carbons (Fsp3) is 0.217. The molecule has 5 rings (SSSR count). The van der Waals surface area contributed by atoms with Crippen molar-refractivity contribution in [1.29, 1.82) is 5.26 Å². The number of imidazole rings is 2. The fourth-order valence-electron chi connectivity index (χ4n) is 3.44. The number of hydrogen-bond donors (Lipinski definition) is 0. The van der Waals surface area contributed by atoms with Crippen molar-refractivity contribution in [2.75, 3.05) is 0 Å². The Kier molecular flexibility index (Phi) is 4.11. The molecule has 6 heteroatoms. The van der Waals surface area contributed by atoms with E-state index in [1.807, 2.05) is 60.3 Å². The van der Waals surface area contributed by atoms with E-state index in [9.17, 15) is 5.26 Å². The van der Waals surface area contributed by atoms with Gasteiger partial charge in [0.2, 0.25) is 0 Å². The molecule has 29 heavy (non-hydrogen) atoms. The Labute approximate surface area is 168 Å². The van der Waals surface area contributed by atoms with Crippen LogP contribution in [0.25, 0.3) is 16.9 Å². The molecule has 0 saturated heterocycles. The molecule has 1 aliphatic carbocycles. The molecule has 1 saturated carbocycles. The van der Waals surface area contributed by atoms with E-state index in [0.29, 0.717) is 23.9 Å². The van der Waals surface area contributed by atoms with Crippen LogP contribution < -0.4 is 0 Å². The van der Waals surface area contributed by atoms with Crippen molar-refractivity contribution in [3.05, 3.63) is 71.6 Å². The molecule has 1 fully saturated rings. The van der Waals surface area contributed by atoms with Crippen molar-refractivity contribution < 1.29 is 0 Å². The zero-order valence-corrected chi connectivity index (χ0v) is 16.0. The molecule has 6 nitrogen and oxygen atoms in total. The quantitative estimate of drug-likeness (QED) is 0.512. The third-order valence-corrected chi connectivity index (χ3v) is 5.06. The summed E-state index contributed by atoms with van der Waals surface area (Å²) in [7, 11) is 1.93. The van der Waals surface area contributed by atoms with Crippen molar-refractivity contribution in [3.63, 3.8) is 0 Å². The van der Waals surface area contributed by atoms with Crippen molar-refractivity contribution >= 4 is 5.65 Å². The van der Waals surface area contributed by atoms with Gasteiger partial charge in [-0.2, -0.15) is 10.4 Å². The van der Waals surface area contributed by atoms with E-state index >= 15 is 0 Å². The van der Waals surface area contributed by atoms with Gasteiger partial charge < -0.3 is 4.57 Å². The first-order chi connectivity index (χ1) is 14.2. The molecule has 0 bridgehead atoms. The zero-order valence-electron chi connectivity index (χ0n) is 16.0. The standard InChI is InChI=1S/C23H18N6/c1-28-15-19(16-5-3-2-4-6-16)25-21(28)11-9-18-10-12-22-26-23(17-7-8-17)20(13-14-24)29(22)27-18/h2-6,10,12,15,17H,7-8,13H2,1H3. The first-order valence-corrected chi connectivity index (χ1v) is 9.59. The molecule has 0 radical (unpaired) electrons. The summed E-state index contributed by atoms with van der Waals surface area (Å²) in [4.78, 5) is 9.33. The predicted molar refractivity (Wildman–Crippen MR) is 109 cm³/mol. The maximum Gasteiger partial charge on any atom is 0.186 e. The second kappa shape index (κ2) is 6.92. The van der Waals surface area contributed by atoms with Crippen LogP contribution >= 0.6 is 0 Å². The SMILES string of the molecule is Cn1cc(-c2ccccc2)nc1C#Cc1ccc2nc(C3CC3)c(CC#N)n2n1. The molecule has 3 aromatic heterocycles. The summed E-state index contributed by atoms with van der Waals surface area (Å²) in [5, 5.41) is 13.8. The van der Waals surface area contributed by atoms with Gasteiger partial charge in [0.25, 0.3) is 0 Å². The highest BCUT2D eigenvalue weighted by molar-refractivity contribution is 5.59. The lowest BCUT2D eigenvalue weighted by atomic mass is 10.2. The van der Waals surface area contributed by atoms with Crippen LogP contribution in [0.4, 0.5) is 0 Å². The van der Waals surface area contributed by atoms with Gasteiger partial charge in [0.05, 0.1) is 29.6 Å². The molecule has 0 aliphatic heterocycles. The van der Waals surface area contributed by atoms with E-state index in [2.05, 4.69) is 33.0 Å². The lowest BCUT2D eigenvalue weighted by Gasteiger charge is -1.99. The van der Waals surface area contributed by atoms with Gasteiger partial charge in [-0.05, 0) is 36.8 Å². The molecule has 1 aliphatic rings. The Morgan fingerprint density at radius 2 is 1.90 bits per heavy atom. The molecule has 140 valence electrons. The van der Waals surface area contributed by atoms with Gasteiger partial charge in [0.1, 0.15) is 5.69 Å². The van der Waals surface area contributed by atoms with Crippen molar-refractivity contribution in [1.82, 2.24) is 24.1 Å². The van der Waals surface area contributed by atoms with Crippen LogP contribution in [-0.4, -0.2) is 24.1 Å². The highest BCUT2D eigenvalue weighted by atomic mass is 15.3. The number of rotatable bonds is 3. The minimum absolute atomic E-state index is 0.302. The Balaban J connectivity index is 1.50. The first kappa shape index (κ1) is 17.2. The Morgan fingerprint density at radius 1 is 1.07 bits per heavy atom. The monoisotopic (exact) mass is 378 g/mol. The summed E-state index contributed by atoms with van der Waals surface area (Å²) >= 11 is 0. The van der Waals surface area contributed by atoms with Gasteiger partial charge in [-0.15, -0.1) is 0 Å². The number of aromatic nitrogens is 5. The predicted octanol–water partition coefficient (Wildman–Crippen LogP) is 3.47. The number of aryl methyl sites for hydroxylation is 1. The average Bonchev–Trinajstić information content (AvgIpc) is 3.44. The summed E-state index contributed by atoms with van der Waals surface area (Å²) in [5.74, 6) is 7.37. The summed E-state index contributed by atoms with van der Waals surface area (Å²) in [6.07, 6.45) is 4.55. The summed E-state index contributed by atoms with van der Waals surface area (Å²) in [6.45, 7) is 0. The molecule has 1 aromatic carbocycles. The number of fused-ring (bicyclic) bond motifs is 1. The van der Waals surface area contributed by atoms with Gasteiger partial charge >= 0.3 is 0 Å². The zero-order chi connectivity index (χ0) is 19.8. The minimum Gasteiger partial charge on any atom is -0.327 e. The van der Waals surface area contributed by atoms with Gasteiger partial charge in [-0.3, -0.25) is 0 Å². The Hall–Kier alpha value is -3.90. The highest BCUT2D eigenvalue weighted by Crippen LogP contribution is 2.41. The van der Waals surface area contributed by atoms with Crippen molar-refractivity contribution in [2.45, 2.75) is 25.2 Å². The molecular weight excluding hydrogens is 360 g/mol. The second-order valence-electron chi connectivity index (χ2n) is 7.22. The molecule has 4 aromatic rings. The highest BCUT2D eigenvalue weighted by Gasteiger charge is 2.30. The summed E-state index contributed by atoms with van der Waals surface area (Å²) < 4.78 is 3.69. The van der Waals surface area contributed by atoms with Gasteiger partial charge in [0.15, 0.2) is 11.5 Å². The average molecular weight is 378 g/mol. The van der Waals surface area contributed by atoms with Crippen LogP contribution in [0.1, 0.15) is 41.7 Å². The van der Waals surface area contributed by atoms with Crippen LogP contribution in [0, 0.1) is 23.2 Å². The summed E-state index contributed by atoms with van der Waals surface area (Å²) in [5.41, 5.74) is 5.24. The molecule has 0 spiro atoms. The van der Waals surface area contributed by atoms with E-state index in [4.69, 9.17) is 0 Å². The fourth-order valence-corrected chi connectivity index (χ4v) is 3.44. The summed E-state index contributed by atoms with van der Waals surface area (Å²) in [6, 6.07) is 16.1. The van der Waals surface area contributed by atoms with Crippen LogP contribution in [0.3, 0.4) is 0 Å². The van der Waals surface area contributed by atoms with E-state index in [0.717, 1.165) is 41.1 Å². The third-order valence-electron chi connectivity index (χ3n) is 5.06. The van der Waals surface area contributed by atoms with Crippen LogP contribution in [0.2, 0.25) is 0 Å². The van der Waals surface area contributed by atoms with E-state index in [-0.39, 0.29) is 0 Å². The van der Waals surface area contributed by atoms with Crippen molar-refractivity contribution in [3.8, 4) is 29.2 Å². The smallest absolute Gasteiger partial charge is 0.186 e. The number of nitriles is 1. The lowest BCUT2D eigenvalue weighted by molar-refractivity contribution is 0.857. The van der Waals surface area contributed by atoms with Crippen LogP contribution in [-0.2, 0) is 13.5 Å². The Bertz CT molecular complexity index is 1310. The molecule has 0 amide bonds. The van der Waals surface area contributed by atoms with Crippen LogP contribution in [0.5, 0.6) is 0 Å². The van der Waals surface area contributed by atoms with E-state index < -0.39 is 0 Å². The topological polar surface area (TPSA) is 71.8 Å². The second-order valence-corrected chi connectivity index (χ2v) is 7.22. The number of benzene rings is 1. The number of hydrogen-bond acceptors (Lipinski definition) is 4. The maximum absolute atomic E-state index is 9.21. The van der Waals surface area contributed by atoms with Crippen molar-refractivity contribution in [2.24, 2.45) is 7.05 Å². The molecule has 0 atom stereocenters. The molecule has 3 heterocycles. The van der Waals surface area contributed by atoms with Gasteiger partial charge in [0, 0.05) is 24.7 Å². The minimum atomic E-state index is 0.302. The van der Waals surface area contributed by atoms with Gasteiger partial charge in [-0.1, -0.05) is 30.3 Å². The van der Waals surface area contributed by atoms with E-state index in [1.165, 1.54) is 0 Å². The largest absolute Gasteiger partial charge is 0.327 e. The lowest BCUT2D eigenvalue weighted by Crippen LogP contribution is -2.01.